The van der Waals surface area contributed by atoms with Gasteiger partial charge in [-0.2, -0.15) is 0 Å². The van der Waals surface area contributed by atoms with E-state index < -0.39 is 5.60 Å². The Morgan fingerprint density at radius 3 is 2.38 bits per heavy atom. The molecule has 0 saturated heterocycles. The quantitative estimate of drug-likeness (QED) is 0.803. The SMILES string of the molecule is COC(C)(C)C(=O)NC1CCC(C)C(C)C1. The van der Waals surface area contributed by atoms with Crippen molar-refractivity contribution in [3.63, 3.8) is 0 Å². The first-order valence-electron chi connectivity index (χ1n) is 6.23. The molecule has 0 heterocycles. The van der Waals surface area contributed by atoms with Crippen molar-refractivity contribution in [2.75, 3.05) is 7.11 Å². The van der Waals surface area contributed by atoms with Crippen LogP contribution >= 0.6 is 0 Å². The Kier molecular flexibility index (Phi) is 4.36. The number of nitrogens with one attached hydrogen (secondary N) is 1. The molecule has 1 rings (SSSR count). The lowest BCUT2D eigenvalue weighted by atomic mass is 9.79. The normalized spacial score (nSPS) is 31.2. The van der Waals surface area contributed by atoms with Gasteiger partial charge in [0.1, 0.15) is 5.60 Å². The third kappa shape index (κ3) is 3.21. The maximum absolute atomic E-state index is 11.9. The molecule has 16 heavy (non-hydrogen) atoms. The lowest BCUT2D eigenvalue weighted by molar-refractivity contribution is -0.140. The highest BCUT2D eigenvalue weighted by molar-refractivity contribution is 5.84. The molecule has 0 aliphatic heterocycles. The zero-order chi connectivity index (χ0) is 12.3. The van der Waals surface area contributed by atoms with Gasteiger partial charge < -0.3 is 10.1 Å². The van der Waals surface area contributed by atoms with E-state index in [4.69, 9.17) is 4.74 Å². The van der Waals surface area contributed by atoms with Crippen LogP contribution in [0.1, 0.15) is 47.0 Å². The fourth-order valence-corrected chi connectivity index (χ4v) is 2.13. The van der Waals surface area contributed by atoms with Gasteiger partial charge in [0.2, 0.25) is 0 Å². The fourth-order valence-electron chi connectivity index (χ4n) is 2.13. The molecule has 1 saturated carbocycles. The van der Waals surface area contributed by atoms with E-state index in [1.54, 1.807) is 21.0 Å². The topological polar surface area (TPSA) is 38.3 Å². The van der Waals surface area contributed by atoms with Crippen molar-refractivity contribution >= 4 is 5.91 Å². The van der Waals surface area contributed by atoms with Gasteiger partial charge in [0.25, 0.3) is 5.91 Å². The molecule has 0 aromatic heterocycles. The number of hydrogen-bond acceptors (Lipinski definition) is 2. The van der Waals surface area contributed by atoms with E-state index in [9.17, 15) is 4.79 Å². The molecule has 1 N–H and O–H groups in total. The molecular weight excluding hydrogens is 202 g/mol. The fraction of sp³-hybridized carbons (Fsp3) is 0.923. The summed E-state index contributed by atoms with van der Waals surface area (Å²) in [5, 5.41) is 3.10. The molecule has 1 aliphatic rings. The Balaban J connectivity index is 2.47. The summed E-state index contributed by atoms with van der Waals surface area (Å²) in [4.78, 5) is 11.9. The number of carbonyl (C=O) groups excluding carboxylic acids is 1. The van der Waals surface area contributed by atoms with Crippen molar-refractivity contribution < 1.29 is 9.53 Å². The third-order valence-electron chi connectivity index (χ3n) is 3.99. The van der Waals surface area contributed by atoms with Crippen molar-refractivity contribution in [2.24, 2.45) is 11.8 Å². The Morgan fingerprint density at radius 1 is 1.25 bits per heavy atom. The second kappa shape index (κ2) is 5.17. The van der Waals surface area contributed by atoms with E-state index in [2.05, 4.69) is 19.2 Å². The van der Waals surface area contributed by atoms with Gasteiger partial charge in [0.05, 0.1) is 0 Å². The van der Waals surface area contributed by atoms with Crippen LogP contribution in [-0.2, 0) is 9.53 Å². The van der Waals surface area contributed by atoms with Gasteiger partial charge in [0.15, 0.2) is 0 Å². The lowest BCUT2D eigenvalue weighted by Gasteiger charge is -2.34. The lowest BCUT2D eigenvalue weighted by Crippen LogP contribution is -2.49. The maximum atomic E-state index is 11.9. The average molecular weight is 227 g/mol. The van der Waals surface area contributed by atoms with Gasteiger partial charge in [-0.25, -0.2) is 0 Å². The smallest absolute Gasteiger partial charge is 0.251 e. The molecule has 3 heteroatoms. The highest BCUT2D eigenvalue weighted by Gasteiger charge is 2.31. The summed E-state index contributed by atoms with van der Waals surface area (Å²) in [7, 11) is 1.57. The summed E-state index contributed by atoms with van der Waals surface area (Å²) in [5.41, 5.74) is -0.716. The van der Waals surface area contributed by atoms with Crippen LogP contribution in [0.5, 0.6) is 0 Å². The van der Waals surface area contributed by atoms with Crippen LogP contribution in [0.4, 0.5) is 0 Å². The first kappa shape index (κ1) is 13.5. The van der Waals surface area contributed by atoms with Crippen molar-refractivity contribution in [3.8, 4) is 0 Å². The highest BCUT2D eigenvalue weighted by atomic mass is 16.5. The zero-order valence-electron chi connectivity index (χ0n) is 11.2. The van der Waals surface area contributed by atoms with Crippen molar-refractivity contribution in [1.29, 1.82) is 0 Å². The van der Waals surface area contributed by atoms with Crippen molar-refractivity contribution in [2.45, 2.75) is 58.6 Å². The summed E-state index contributed by atoms with van der Waals surface area (Å²) in [6, 6.07) is 0.327. The number of rotatable bonds is 3. The van der Waals surface area contributed by atoms with E-state index >= 15 is 0 Å². The summed E-state index contributed by atoms with van der Waals surface area (Å²) >= 11 is 0. The van der Waals surface area contributed by atoms with Gasteiger partial charge in [-0.3, -0.25) is 4.79 Å². The van der Waals surface area contributed by atoms with Gasteiger partial charge in [-0.15, -0.1) is 0 Å². The van der Waals surface area contributed by atoms with Crippen LogP contribution in [0.25, 0.3) is 0 Å². The minimum absolute atomic E-state index is 0.00162. The largest absolute Gasteiger partial charge is 0.369 e. The second-order valence-electron chi connectivity index (χ2n) is 5.65. The molecule has 3 nitrogen and oxygen atoms in total. The standard InChI is InChI=1S/C13H25NO2/c1-9-6-7-11(8-10(9)2)14-12(15)13(3,4)16-5/h9-11H,6-8H2,1-5H3,(H,14,15). The van der Waals surface area contributed by atoms with E-state index in [0.717, 1.165) is 18.8 Å². The predicted molar refractivity (Wildman–Crippen MR) is 65.2 cm³/mol. The molecule has 0 aromatic rings. The molecule has 94 valence electrons. The molecule has 1 fully saturated rings. The number of hydrogen-bond donors (Lipinski definition) is 1. The summed E-state index contributed by atoms with van der Waals surface area (Å²) in [6.45, 7) is 8.17. The Labute approximate surface area is 98.9 Å². The summed E-state index contributed by atoms with van der Waals surface area (Å²) in [6.07, 6.45) is 3.39. The van der Waals surface area contributed by atoms with Crippen molar-refractivity contribution in [3.05, 3.63) is 0 Å². The number of carbonyl (C=O) groups is 1. The van der Waals surface area contributed by atoms with Crippen LogP contribution in [0.3, 0.4) is 0 Å². The molecule has 3 unspecified atom stereocenters. The molecule has 0 spiro atoms. The number of methoxy groups -OCH3 is 1. The van der Waals surface area contributed by atoms with Gasteiger partial charge >= 0.3 is 0 Å². The van der Waals surface area contributed by atoms with Crippen molar-refractivity contribution in [1.82, 2.24) is 5.32 Å². The van der Waals surface area contributed by atoms with E-state index in [-0.39, 0.29) is 5.91 Å². The molecule has 1 aliphatic carbocycles. The Bertz CT molecular complexity index is 250. The second-order valence-corrected chi connectivity index (χ2v) is 5.65. The van der Waals surface area contributed by atoms with Crippen LogP contribution in [0, 0.1) is 11.8 Å². The van der Waals surface area contributed by atoms with E-state index in [1.807, 2.05) is 0 Å². The van der Waals surface area contributed by atoms with E-state index in [1.165, 1.54) is 6.42 Å². The molecular formula is C13H25NO2. The zero-order valence-corrected chi connectivity index (χ0v) is 11.2. The number of ether oxygens (including phenoxy) is 1. The van der Waals surface area contributed by atoms with Crippen LogP contribution in [0.15, 0.2) is 0 Å². The average Bonchev–Trinajstić information content (AvgIpc) is 2.23. The first-order chi connectivity index (χ1) is 7.36. The monoisotopic (exact) mass is 227 g/mol. The van der Waals surface area contributed by atoms with E-state index in [0.29, 0.717) is 12.0 Å². The predicted octanol–water partition coefficient (Wildman–Crippen LogP) is 2.35. The molecule has 3 atom stereocenters. The van der Waals surface area contributed by atoms with Gasteiger partial charge in [-0.05, 0) is 44.9 Å². The third-order valence-corrected chi connectivity index (χ3v) is 3.99. The molecule has 0 radical (unpaired) electrons. The highest BCUT2D eigenvalue weighted by Crippen LogP contribution is 2.29. The molecule has 1 amide bonds. The molecule has 0 aromatic carbocycles. The molecule has 0 bridgehead atoms. The van der Waals surface area contributed by atoms with Gasteiger partial charge in [-0.1, -0.05) is 13.8 Å². The Morgan fingerprint density at radius 2 is 1.88 bits per heavy atom. The van der Waals surface area contributed by atoms with Crippen LogP contribution in [0.2, 0.25) is 0 Å². The minimum atomic E-state index is -0.716. The minimum Gasteiger partial charge on any atom is -0.369 e. The number of amides is 1. The maximum Gasteiger partial charge on any atom is 0.251 e. The van der Waals surface area contributed by atoms with Crippen LogP contribution < -0.4 is 5.32 Å². The van der Waals surface area contributed by atoms with Gasteiger partial charge in [0, 0.05) is 13.2 Å². The summed E-state index contributed by atoms with van der Waals surface area (Å²) < 4.78 is 5.18. The van der Waals surface area contributed by atoms with Crippen LogP contribution in [-0.4, -0.2) is 24.7 Å². The Hall–Kier alpha value is -0.570. The first-order valence-corrected chi connectivity index (χ1v) is 6.23. The summed E-state index contributed by atoms with van der Waals surface area (Å²) in [5.74, 6) is 1.48.